The van der Waals surface area contributed by atoms with E-state index in [-0.39, 0.29) is 17.7 Å². The summed E-state index contributed by atoms with van der Waals surface area (Å²) in [4.78, 5) is 24.9. The van der Waals surface area contributed by atoms with Gasteiger partial charge in [0.25, 0.3) is 0 Å². The van der Waals surface area contributed by atoms with Crippen molar-refractivity contribution < 1.29 is 9.59 Å². The molecule has 2 aliphatic rings. The molecule has 0 saturated carbocycles. The molecule has 0 radical (unpaired) electrons. The molecule has 1 aliphatic heterocycles. The molecule has 1 atom stereocenters. The summed E-state index contributed by atoms with van der Waals surface area (Å²) in [6.07, 6.45) is 10.7. The standard InChI is InChI=1S/C23H30N6O2/c1-2-28(24)23(31)27-16-18-8-9-20(22(30)15-18)21(14-17-10-12-26-13-11-17)29(25)19-6-4-3-5-7-19/h3-7,9-12,14,18,26H,2,8,13,15-16,24-25H2,1H3,(H,27,31)/b21-14-. The van der Waals surface area contributed by atoms with E-state index in [0.29, 0.717) is 37.2 Å². The molecule has 8 heteroatoms. The van der Waals surface area contributed by atoms with E-state index in [1.54, 1.807) is 11.9 Å². The van der Waals surface area contributed by atoms with Crippen LogP contribution in [0.25, 0.3) is 0 Å². The minimum atomic E-state index is -0.341. The molecule has 0 aromatic heterocycles. The van der Waals surface area contributed by atoms with Crippen LogP contribution in [0.4, 0.5) is 10.5 Å². The van der Waals surface area contributed by atoms with Gasteiger partial charge in [-0.05, 0) is 55.3 Å². The Balaban J connectivity index is 1.81. The van der Waals surface area contributed by atoms with Crippen LogP contribution < -0.4 is 27.3 Å². The quantitative estimate of drug-likeness (QED) is 0.304. The van der Waals surface area contributed by atoms with Crippen LogP contribution in [-0.4, -0.2) is 36.5 Å². The number of urea groups is 1. The van der Waals surface area contributed by atoms with E-state index >= 15 is 0 Å². The van der Waals surface area contributed by atoms with Crippen molar-refractivity contribution in [1.29, 1.82) is 0 Å². The van der Waals surface area contributed by atoms with Gasteiger partial charge in [0.15, 0.2) is 5.78 Å². The number of para-hydroxylation sites is 1. The van der Waals surface area contributed by atoms with Crippen molar-refractivity contribution in [1.82, 2.24) is 15.6 Å². The first kappa shape index (κ1) is 22.3. The third-order valence-electron chi connectivity index (χ3n) is 5.30. The number of carbonyl (C=O) groups excluding carboxylic acids is 2. The van der Waals surface area contributed by atoms with Crippen molar-refractivity contribution in [3.63, 3.8) is 0 Å². The molecule has 164 valence electrons. The topological polar surface area (TPSA) is 117 Å². The Hall–Kier alpha value is -3.36. The number of nitrogens with zero attached hydrogens (tertiary/aromatic N) is 2. The van der Waals surface area contributed by atoms with Crippen molar-refractivity contribution in [3.05, 3.63) is 77.7 Å². The van der Waals surface area contributed by atoms with Crippen molar-refractivity contribution in [2.45, 2.75) is 19.8 Å². The van der Waals surface area contributed by atoms with Crippen LogP contribution in [0.5, 0.6) is 0 Å². The van der Waals surface area contributed by atoms with Gasteiger partial charge in [0.05, 0.1) is 11.4 Å². The average molecular weight is 423 g/mol. The molecular weight excluding hydrogens is 392 g/mol. The van der Waals surface area contributed by atoms with Crippen LogP contribution in [0, 0.1) is 5.92 Å². The predicted octanol–water partition coefficient (Wildman–Crippen LogP) is 2.10. The maximum absolute atomic E-state index is 13.1. The van der Waals surface area contributed by atoms with E-state index in [4.69, 9.17) is 11.7 Å². The van der Waals surface area contributed by atoms with Gasteiger partial charge < -0.3 is 10.6 Å². The first-order chi connectivity index (χ1) is 15.0. The fraction of sp³-hybridized carbons (Fsp3) is 0.304. The highest BCUT2D eigenvalue weighted by Crippen LogP contribution is 2.29. The fourth-order valence-corrected chi connectivity index (χ4v) is 3.47. The molecule has 6 N–H and O–H groups in total. The third kappa shape index (κ3) is 5.84. The Labute approximate surface area is 182 Å². The number of anilines is 1. The molecule has 0 spiro atoms. The lowest BCUT2D eigenvalue weighted by Crippen LogP contribution is -2.46. The smallest absolute Gasteiger partial charge is 0.331 e. The first-order valence-electron chi connectivity index (χ1n) is 10.4. The number of benzene rings is 1. The van der Waals surface area contributed by atoms with Crippen LogP contribution in [0.1, 0.15) is 19.8 Å². The number of amides is 2. The number of hydrazine groups is 2. The number of nitrogens with one attached hydrogen (secondary N) is 2. The second-order valence-corrected chi connectivity index (χ2v) is 7.50. The van der Waals surface area contributed by atoms with E-state index in [0.717, 1.165) is 22.8 Å². The molecule has 3 rings (SSSR count). The molecule has 0 fully saturated rings. The van der Waals surface area contributed by atoms with Gasteiger partial charge >= 0.3 is 6.03 Å². The van der Waals surface area contributed by atoms with Gasteiger partial charge in [-0.15, -0.1) is 0 Å². The summed E-state index contributed by atoms with van der Waals surface area (Å²) in [5.74, 6) is 12.1. The first-order valence-corrected chi connectivity index (χ1v) is 10.4. The Kier molecular flexibility index (Phi) is 7.64. The Morgan fingerprint density at radius 3 is 2.68 bits per heavy atom. The highest BCUT2D eigenvalue weighted by atomic mass is 16.2. The highest BCUT2D eigenvalue weighted by Gasteiger charge is 2.27. The number of rotatable bonds is 7. The van der Waals surface area contributed by atoms with Gasteiger partial charge in [-0.1, -0.05) is 30.4 Å². The third-order valence-corrected chi connectivity index (χ3v) is 5.30. The maximum atomic E-state index is 13.1. The lowest BCUT2D eigenvalue weighted by atomic mass is 9.86. The van der Waals surface area contributed by atoms with E-state index in [9.17, 15) is 9.59 Å². The Morgan fingerprint density at radius 1 is 1.26 bits per heavy atom. The number of ketones is 1. The zero-order valence-corrected chi connectivity index (χ0v) is 17.8. The molecular formula is C23H30N6O2. The van der Waals surface area contributed by atoms with Gasteiger partial charge in [-0.3, -0.25) is 14.8 Å². The summed E-state index contributed by atoms with van der Waals surface area (Å²) < 4.78 is 0. The van der Waals surface area contributed by atoms with Crippen LogP contribution >= 0.6 is 0 Å². The number of dihydropyridines is 1. The second kappa shape index (κ2) is 10.6. The zero-order chi connectivity index (χ0) is 22.2. The van der Waals surface area contributed by atoms with E-state index in [1.807, 2.05) is 60.8 Å². The van der Waals surface area contributed by atoms with Gasteiger partial charge in [0, 0.05) is 31.6 Å². The Morgan fingerprint density at radius 2 is 2.03 bits per heavy atom. The lowest BCUT2D eigenvalue weighted by molar-refractivity contribution is -0.116. The molecule has 2 amide bonds. The fourth-order valence-electron chi connectivity index (χ4n) is 3.47. The van der Waals surface area contributed by atoms with E-state index in [2.05, 4.69) is 10.6 Å². The second-order valence-electron chi connectivity index (χ2n) is 7.50. The summed E-state index contributed by atoms with van der Waals surface area (Å²) in [5.41, 5.74) is 3.01. The minimum absolute atomic E-state index is 0.00161. The number of nitrogens with two attached hydrogens (primary N) is 2. The van der Waals surface area contributed by atoms with E-state index < -0.39 is 0 Å². The van der Waals surface area contributed by atoms with Crippen LogP contribution in [0.3, 0.4) is 0 Å². The monoisotopic (exact) mass is 422 g/mol. The van der Waals surface area contributed by atoms with Gasteiger partial charge in [-0.25, -0.2) is 16.5 Å². The van der Waals surface area contributed by atoms with Crippen LogP contribution in [-0.2, 0) is 4.79 Å². The molecule has 8 nitrogen and oxygen atoms in total. The number of hydrogen-bond acceptors (Lipinski definition) is 6. The maximum Gasteiger partial charge on any atom is 0.331 e. The Bertz CT molecular complexity index is 919. The molecule has 1 aromatic rings. The number of allylic oxidation sites excluding steroid dienone is 5. The number of Topliss-reactive ketones (excluding diaryl/α,β-unsaturated/α-hetero) is 1. The summed E-state index contributed by atoms with van der Waals surface area (Å²) in [6, 6.07) is 9.20. The van der Waals surface area contributed by atoms with Crippen LogP contribution in [0.15, 0.2) is 77.7 Å². The molecule has 1 aromatic carbocycles. The van der Waals surface area contributed by atoms with Gasteiger partial charge in [0.1, 0.15) is 0 Å². The highest BCUT2D eigenvalue weighted by molar-refractivity contribution is 6.01. The SMILES string of the molecule is CCN(N)C(=O)NCC1CC=C(/C(=C/C2=CCNC=C2)N(N)c2ccccc2)C(=O)C1. The molecule has 0 bridgehead atoms. The molecule has 1 unspecified atom stereocenters. The van der Waals surface area contributed by atoms with Crippen molar-refractivity contribution in [2.75, 3.05) is 24.6 Å². The minimum Gasteiger partial charge on any atom is -0.387 e. The summed E-state index contributed by atoms with van der Waals surface area (Å²) in [7, 11) is 0. The molecule has 31 heavy (non-hydrogen) atoms. The average Bonchev–Trinajstić information content (AvgIpc) is 2.81. The summed E-state index contributed by atoms with van der Waals surface area (Å²) >= 11 is 0. The molecule has 1 heterocycles. The summed E-state index contributed by atoms with van der Waals surface area (Å²) in [6.45, 7) is 3.33. The van der Waals surface area contributed by atoms with Crippen molar-refractivity contribution in [3.8, 4) is 0 Å². The van der Waals surface area contributed by atoms with Gasteiger partial charge in [-0.2, -0.15) is 0 Å². The normalized spacial score (nSPS) is 18.6. The molecule has 1 aliphatic carbocycles. The van der Waals surface area contributed by atoms with Gasteiger partial charge in [0.2, 0.25) is 0 Å². The van der Waals surface area contributed by atoms with Crippen molar-refractivity contribution >= 4 is 17.5 Å². The number of hydrogen-bond donors (Lipinski definition) is 4. The van der Waals surface area contributed by atoms with E-state index in [1.165, 1.54) is 0 Å². The van der Waals surface area contributed by atoms with Crippen LogP contribution in [0.2, 0.25) is 0 Å². The van der Waals surface area contributed by atoms with Crippen molar-refractivity contribution in [2.24, 2.45) is 17.6 Å². The predicted molar refractivity (Wildman–Crippen MR) is 122 cm³/mol. The largest absolute Gasteiger partial charge is 0.387 e. The zero-order valence-electron chi connectivity index (χ0n) is 17.8. The lowest BCUT2D eigenvalue weighted by Gasteiger charge is -2.28. The number of carbonyl (C=O) groups is 2. The molecule has 0 saturated heterocycles. The summed E-state index contributed by atoms with van der Waals surface area (Å²) in [5, 5.41) is 8.57.